The van der Waals surface area contributed by atoms with Crippen LogP contribution in [0.25, 0.3) is 5.69 Å². The van der Waals surface area contributed by atoms with Gasteiger partial charge in [0.1, 0.15) is 25.3 Å². The predicted molar refractivity (Wildman–Crippen MR) is 56.2 cm³/mol. The van der Waals surface area contributed by atoms with Crippen LogP contribution in [-0.2, 0) is 0 Å². The van der Waals surface area contributed by atoms with Crippen molar-refractivity contribution in [2.45, 2.75) is 13.8 Å². The molecule has 74 valence electrons. The molecule has 0 aliphatic rings. The molecule has 15 heavy (non-hydrogen) atoms. The van der Waals surface area contributed by atoms with Crippen molar-refractivity contribution >= 4 is 13.3 Å². The van der Waals surface area contributed by atoms with Gasteiger partial charge in [0.15, 0.2) is 0 Å². The molecule has 0 amide bonds. The van der Waals surface area contributed by atoms with Crippen molar-refractivity contribution in [3.8, 4) is 5.69 Å². The van der Waals surface area contributed by atoms with Crippen molar-refractivity contribution in [3.05, 3.63) is 35.7 Å². The minimum absolute atomic E-state index is 0.125. The number of aryl methyl sites for hydroxylation is 2. The Labute approximate surface area is 88.4 Å². The van der Waals surface area contributed by atoms with E-state index in [-0.39, 0.29) is 5.46 Å². The summed E-state index contributed by atoms with van der Waals surface area (Å²) in [7, 11) is 5.50. The quantitative estimate of drug-likeness (QED) is 0.639. The van der Waals surface area contributed by atoms with E-state index in [0.717, 1.165) is 0 Å². The van der Waals surface area contributed by atoms with Crippen LogP contribution < -0.4 is 5.46 Å². The smallest absolute Gasteiger partial charge is 0.140 e. The molecule has 0 saturated carbocycles. The summed E-state index contributed by atoms with van der Waals surface area (Å²) in [4.78, 5) is 0. The highest BCUT2D eigenvalue weighted by Gasteiger charge is 2.11. The van der Waals surface area contributed by atoms with E-state index in [0.29, 0.717) is 17.3 Å². The Morgan fingerprint density at radius 1 is 1.20 bits per heavy atom. The molecule has 0 fully saturated rings. The maximum atomic E-state index is 13.7. The highest BCUT2D eigenvalue weighted by Crippen LogP contribution is 2.14. The minimum atomic E-state index is -0.441. The molecular weight excluding hydrogens is 192 g/mol. The third-order valence-corrected chi connectivity index (χ3v) is 2.24. The Bertz CT molecular complexity index is 488. The first kappa shape index (κ1) is 9.89. The number of benzene rings is 1. The second-order valence-corrected chi connectivity index (χ2v) is 3.31. The fourth-order valence-corrected chi connectivity index (χ4v) is 1.53. The standard InChI is InChI=1S/C10H9BFN3/c1-6-13-14-7(2)15(6)9-5-3-4-8(11)10(9)12/h3-5H,1-2H3. The summed E-state index contributed by atoms with van der Waals surface area (Å²) in [5, 5.41) is 7.74. The van der Waals surface area contributed by atoms with Crippen LogP contribution in [0.3, 0.4) is 0 Å². The fourth-order valence-electron chi connectivity index (χ4n) is 1.53. The van der Waals surface area contributed by atoms with Gasteiger partial charge in [-0.1, -0.05) is 17.6 Å². The molecule has 5 heteroatoms. The molecule has 0 saturated heterocycles. The van der Waals surface area contributed by atoms with E-state index in [2.05, 4.69) is 10.2 Å². The van der Waals surface area contributed by atoms with E-state index in [1.165, 1.54) is 6.07 Å². The summed E-state index contributed by atoms with van der Waals surface area (Å²) >= 11 is 0. The number of hydrogen-bond donors (Lipinski definition) is 0. The van der Waals surface area contributed by atoms with Gasteiger partial charge in [0.25, 0.3) is 0 Å². The molecule has 1 aromatic carbocycles. The second-order valence-electron chi connectivity index (χ2n) is 3.31. The molecular formula is C10H9BFN3. The molecule has 2 radical (unpaired) electrons. The van der Waals surface area contributed by atoms with Crippen molar-refractivity contribution < 1.29 is 4.39 Å². The highest BCUT2D eigenvalue weighted by molar-refractivity contribution is 6.32. The molecule has 2 rings (SSSR count). The van der Waals surface area contributed by atoms with Crippen molar-refractivity contribution in [2.75, 3.05) is 0 Å². The summed E-state index contributed by atoms with van der Waals surface area (Å²) < 4.78 is 15.4. The third-order valence-electron chi connectivity index (χ3n) is 2.24. The largest absolute Gasteiger partial charge is 0.280 e. The Balaban J connectivity index is 2.69. The molecule has 0 aliphatic heterocycles. The summed E-state index contributed by atoms with van der Waals surface area (Å²) in [6.45, 7) is 3.53. The van der Waals surface area contributed by atoms with Crippen molar-refractivity contribution in [1.82, 2.24) is 14.8 Å². The van der Waals surface area contributed by atoms with Crippen molar-refractivity contribution in [1.29, 1.82) is 0 Å². The lowest BCUT2D eigenvalue weighted by molar-refractivity contribution is 0.623. The van der Waals surface area contributed by atoms with Gasteiger partial charge in [-0.3, -0.25) is 4.57 Å². The van der Waals surface area contributed by atoms with Crippen LogP contribution in [0.1, 0.15) is 11.6 Å². The highest BCUT2D eigenvalue weighted by atomic mass is 19.1. The van der Waals surface area contributed by atoms with Crippen LogP contribution in [-0.4, -0.2) is 22.6 Å². The first-order chi connectivity index (χ1) is 7.11. The average molecular weight is 201 g/mol. The fraction of sp³-hybridized carbons (Fsp3) is 0.200. The van der Waals surface area contributed by atoms with Gasteiger partial charge in [-0.25, -0.2) is 4.39 Å². The Morgan fingerprint density at radius 2 is 1.80 bits per heavy atom. The normalized spacial score (nSPS) is 10.6. The monoisotopic (exact) mass is 201 g/mol. The molecule has 2 aromatic rings. The van der Waals surface area contributed by atoms with E-state index < -0.39 is 5.82 Å². The van der Waals surface area contributed by atoms with Gasteiger partial charge in [0.05, 0.1) is 5.69 Å². The van der Waals surface area contributed by atoms with Crippen LogP contribution in [0.15, 0.2) is 18.2 Å². The zero-order chi connectivity index (χ0) is 11.0. The van der Waals surface area contributed by atoms with Crippen LogP contribution in [0.2, 0.25) is 0 Å². The van der Waals surface area contributed by atoms with E-state index in [1.807, 2.05) is 0 Å². The molecule has 3 nitrogen and oxygen atoms in total. The number of aromatic nitrogens is 3. The first-order valence-corrected chi connectivity index (χ1v) is 4.54. The molecule has 0 unspecified atom stereocenters. The van der Waals surface area contributed by atoms with E-state index in [4.69, 9.17) is 7.85 Å². The molecule has 1 heterocycles. The molecule has 1 aromatic heterocycles. The zero-order valence-electron chi connectivity index (χ0n) is 8.53. The van der Waals surface area contributed by atoms with E-state index in [1.54, 1.807) is 30.5 Å². The SMILES string of the molecule is [B]c1cccc(-n2c(C)nnc2C)c1F. The maximum Gasteiger partial charge on any atom is 0.140 e. The first-order valence-electron chi connectivity index (χ1n) is 4.54. The third kappa shape index (κ3) is 1.54. The zero-order valence-corrected chi connectivity index (χ0v) is 8.53. The number of hydrogen-bond acceptors (Lipinski definition) is 2. The van der Waals surface area contributed by atoms with E-state index in [9.17, 15) is 4.39 Å². The number of halogens is 1. The Hall–Kier alpha value is -1.65. The Morgan fingerprint density at radius 3 is 2.40 bits per heavy atom. The lowest BCUT2D eigenvalue weighted by Gasteiger charge is -2.09. The summed E-state index contributed by atoms with van der Waals surface area (Å²) in [6, 6.07) is 4.87. The number of rotatable bonds is 1. The van der Waals surface area contributed by atoms with Gasteiger partial charge in [0, 0.05) is 0 Å². The molecule has 0 aliphatic carbocycles. The lowest BCUT2D eigenvalue weighted by atomic mass is 9.95. The second kappa shape index (κ2) is 3.49. The van der Waals surface area contributed by atoms with Crippen LogP contribution in [0.5, 0.6) is 0 Å². The Kier molecular flexibility index (Phi) is 2.30. The molecule has 0 N–H and O–H groups in total. The van der Waals surface area contributed by atoms with Crippen LogP contribution in [0.4, 0.5) is 4.39 Å². The summed E-state index contributed by atoms with van der Waals surface area (Å²) in [5.74, 6) is 0.831. The predicted octanol–water partition coefficient (Wildman–Crippen LogP) is 0.817. The van der Waals surface area contributed by atoms with Gasteiger partial charge >= 0.3 is 0 Å². The average Bonchev–Trinajstić information content (AvgIpc) is 2.52. The van der Waals surface area contributed by atoms with Gasteiger partial charge in [-0.2, -0.15) is 0 Å². The topological polar surface area (TPSA) is 30.7 Å². The molecule has 0 atom stereocenters. The van der Waals surface area contributed by atoms with Gasteiger partial charge in [-0.05, 0) is 19.9 Å². The van der Waals surface area contributed by atoms with Gasteiger partial charge < -0.3 is 0 Å². The summed E-state index contributed by atoms with van der Waals surface area (Å²) in [6.07, 6.45) is 0. The van der Waals surface area contributed by atoms with Crippen molar-refractivity contribution in [2.24, 2.45) is 0 Å². The summed E-state index contributed by atoms with van der Waals surface area (Å²) in [5.41, 5.74) is 0.509. The lowest BCUT2D eigenvalue weighted by Crippen LogP contribution is -2.13. The number of nitrogens with zero attached hydrogens (tertiary/aromatic N) is 3. The molecule has 0 spiro atoms. The van der Waals surface area contributed by atoms with Gasteiger partial charge in [-0.15, -0.1) is 10.2 Å². The van der Waals surface area contributed by atoms with Gasteiger partial charge in [0.2, 0.25) is 0 Å². The molecule has 0 bridgehead atoms. The maximum absolute atomic E-state index is 13.7. The van der Waals surface area contributed by atoms with Crippen LogP contribution in [0, 0.1) is 19.7 Å². The van der Waals surface area contributed by atoms with Crippen molar-refractivity contribution in [3.63, 3.8) is 0 Å². The minimum Gasteiger partial charge on any atom is -0.280 e. The van der Waals surface area contributed by atoms with Crippen LogP contribution >= 0.6 is 0 Å². The van der Waals surface area contributed by atoms with E-state index >= 15 is 0 Å².